The zero-order chi connectivity index (χ0) is 19.5. The van der Waals surface area contributed by atoms with Gasteiger partial charge < -0.3 is 5.32 Å². The summed E-state index contributed by atoms with van der Waals surface area (Å²) in [6.07, 6.45) is 4.25. The molecule has 1 aliphatic rings. The number of carbonyl (C=O) groups excluding carboxylic acids is 1. The molecule has 3 aromatic rings. The van der Waals surface area contributed by atoms with Gasteiger partial charge in [-0.25, -0.2) is 4.98 Å². The molecule has 7 heteroatoms. The fourth-order valence-corrected chi connectivity index (χ4v) is 5.35. The van der Waals surface area contributed by atoms with Gasteiger partial charge in [-0.3, -0.25) is 14.2 Å². The van der Waals surface area contributed by atoms with Crippen LogP contribution in [0.15, 0.2) is 51.7 Å². The van der Waals surface area contributed by atoms with Gasteiger partial charge in [0.1, 0.15) is 0 Å². The number of para-hydroxylation sites is 1. The second kappa shape index (κ2) is 8.49. The predicted octanol–water partition coefficient (Wildman–Crippen LogP) is 4.54. The minimum atomic E-state index is -0.0497. The minimum absolute atomic E-state index is 0.00682. The SMILES string of the molecule is C[C@@H](NC(=O)CSc1nc2ccccc2c(=O)n1C1CCCC1)c1cccs1. The second-order valence-corrected chi connectivity index (χ2v) is 9.04. The maximum Gasteiger partial charge on any atom is 0.262 e. The summed E-state index contributed by atoms with van der Waals surface area (Å²) in [4.78, 5) is 31.4. The number of amides is 1. The van der Waals surface area contributed by atoms with E-state index in [2.05, 4.69) is 5.32 Å². The number of benzene rings is 1. The molecule has 1 fully saturated rings. The van der Waals surface area contributed by atoms with Crippen molar-refractivity contribution in [3.05, 3.63) is 57.0 Å². The number of nitrogens with one attached hydrogen (secondary N) is 1. The van der Waals surface area contributed by atoms with E-state index >= 15 is 0 Å². The van der Waals surface area contributed by atoms with Crippen LogP contribution in [0.3, 0.4) is 0 Å². The molecule has 0 unspecified atom stereocenters. The first-order valence-corrected chi connectivity index (χ1v) is 11.5. The van der Waals surface area contributed by atoms with Crippen molar-refractivity contribution in [2.75, 3.05) is 5.75 Å². The van der Waals surface area contributed by atoms with Crippen LogP contribution in [0.1, 0.15) is 49.6 Å². The Balaban J connectivity index is 1.56. The van der Waals surface area contributed by atoms with Gasteiger partial charge in [0, 0.05) is 10.9 Å². The number of thiophene rings is 1. The molecule has 0 radical (unpaired) electrons. The van der Waals surface area contributed by atoms with Crippen molar-refractivity contribution in [3.63, 3.8) is 0 Å². The van der Waals surface area contributed by atoms with E-state index < -0.39 is 0 Å². The molecule has 2 aromatic heterocycles. The van der Waals surface area contributed by atoms with Gasteiger partial charge in [0.05, 0.1) is 22.7 Å². The Morgan fingerprint density at radius 3 is 2.82 bits per heavy atom. The lowest BCUT2D eigenvalue weighted by Gasteiger charge is -2.19. The highest BCUT2D eigenvalue weighted by Crippen LogP contribution is 2.32. The summed E-state index contributed by atoms with van der Waals surface area (Å²) in [7, 11) is 0. The highest BCUT2D eigenvalue weighted by Gasteiger charge is 2.23. The zero-order valence-electron chi connectivity index (χ0n) is 15.8. The fraction of sp³-hybridized carbons (Fsp3) is 0.381. The molecule has 0 spiro atoms. The molecular formula is C21H23N3O2S2. The van der Waals surface area contributed by atoms with E-state index in [0.29, 0.717) is 16.1 Å². The fourth-order valence-electron chi connectivity index (χ4n) is 3.73. The van der Waals surface area contributed by atoms with Gasteiger partial charge in [0.15, 0.2) is 5.16 Å². The topological polar surface area (TPSA) is 64.0 Å². The molecule has 0 bridgehead atoms. The van der Waals surface area contributed by atoms with Crippen LogP contribution in [0, 0.1) is 0 Å². The van der Waals surface area contributed by atoms with Crippen LogP contribution in [0.25, 0.3) is 10.9 Å². The third kappa shape index (κ3) is 4.00. The first-order chi connectivity index (χ1) is 13.6. The van der Waals surface area contributed by atoms with Gasteiger partial charge >= 0.3 is 0 Å². The second-order valence-electron chi connectivity index (χ2n) is 7.12. The number of hydrogen-bond donors (Lipinski definition) is 1. The molecule has 1 atom stereocenters. The van der Waals surface area contributed by atoms with Crippen molar-refractivity contribution >= 4 is 39.9 Å². The molecule has 5 nitrogen and oxygen atoms in total. The maximum absolute atomic E-state index is 13.1. The van der Waals surface area contributed by atoms with Crippen molar-refractivity contribution in [1.82, 2.24) is 14.9 Å². The third-order valence-electron chi connectivity index (χ3n) is 5.15. The Bertz CT molecular complexity index is 1020. The molecule has 1 saturated carbocycles. The van der Waals surface area contributed by atoms with Gasteiger partial charge in [0.25, 0.3) is 5.56 Å². The molecule has 0 saturated heterocycles. The number of rotatable bonds is 6. The number of thioether (sulfide) groups is 1. The lowest BCUT2D eigenvalue weighted by atomic mass is 10.2. The summed E-state index contributed by atoms with van der Waals surface area (Å²) < 4.78 is 1.83. The molecule has 28 heavy (non-hydrogen) atoms. The molecule has 1 N–H and O–H groups in total. The van der Waals surface area contributed by atoms with E-state index in [1.165, 1.54) is 11.8 Å². The zero-order valence-corrected chi connectivity index (χ0v) is 17.4. The molecule has 0 aliphatic heterocycles. The van der Waals surface area contributed by atoms with Crippen LogP contribution in [0.2, 0.25) is 0 Å². The molecule has 4 rings (SSSR count). The molecular weight excluding hydrogens is 390 g/mol. The molecule has 1 aliphatic carbocycles. The minimum Gasteiger partial charge on any atom is -0.348 e. The summed E-state index contributed by atoms with van der Waals surface area (Å²) in [5.41, 5.74) is 0.698. The summed E-state index contributed by atoms with van der Waals surface area (Å²) >= 11 is 2.98. The van der Waals surface area contributed by atoms with Crippen molar-refractivity contribution in [1.29, 1.82) is 0 Å². The standard InChI is InChI=1S/C21H23N3O2S2/c1-14(18-11-6-12-27-18)22-19(25)13-28-21-23-17-10-5-4-9-16(17)20(26)24(21)15-7-2-3-8-15/h4-6,9-12,14-15H,2-3,7-8,13H2,1H3,(H,22,25)/t14-/m1/s1. The first-order valence-electron chi connectivity index (χ1n) is 9.60. The monoisotopic (exact) mass is 413 g/mol. The van der Waals surface area contributed by atoms with E-state index in [4.69, 9.17) is 4.98 Å². The normalized spacial score (nSPS) is 15.8. The highest BCUT2D eigenvalue weighted by atomic mass is 32.2. The lowest BCUT2D eigenvalue weighted by molar-refractivity contribution is -0.119. The van der Waals surface area contributed by atoms with Crippen LogP contribution in [-0.2, 0) is 4.79 Å². The molecule has 1 aromatic carbocycles. The van der Waals surface area contributed by atoms with Crippen molar-refractivity contribution in [2.24, 2.45) is 0 Å². The van der Waals surface area contributed by atoms with E-state index in [1.807, 2.05) is 53.3 Å². The number of hydrogen-bond acceptors (Lipinski definition) is 5. The number of carbonyl (C=O) groups is 1. The van der Waals surface area contributed by atoms with Crippen LogP contribution in [0.5, 0.6) is 0 Å². The average molecular weight is 414 g/mol. The molecule has 146 valence electrons. The quantitative estimate of drug-likeness (QED) is 0.476. The highest BCUT2D eigenvalue weighted by molar-refractivity contribution is 7.99. The van der Waals surface area contributed by atoms with Gasteiger partial charge in [-0.15, -0.1) is 11.3 Å². The van der Waals surface area contributed by atoms with Crippen LogP contribution >= 0.6 is 23.1 Å². The van der Waals surface area contributed by atoms with Gasteiger partial charge in [-0.1, -0.05) is 42.8 Å². The summed E-state index contributed by atoms with van der Waals surface area (Å²) in [6.45, 7) is 1.98. The Hall–Kier alpha value is -2.12. The number of fused-ring (bicyclic) bond motifs is 1. The molecule has 2 heterocycles. The largest absolute Gasteiger partial charge is 0.348 e. The number of aromatic nitrogens is 2. The first kappa shape index (κ1) is 19.2. The summed E-state index contributed by atoms with van der Waals surface area (Å²) in [5.74, 6) is 0.194. The Morgan fingerprint density at radius 2 is 2.07 bits per heavy atom. The van der Waals surface area contributed by atoms with E-state index in [9.17, 15) is 9.59 Å². The Labute approximate surface area is 172 Å². The van der Waals surface area contributed by atoms with Crippen molar-refractivity contribution in [3.8, 4) is 0 Å². The van der Waals surface area contributed by atoms with Crippen LogP contribution in [0.4, 0.5) is 0 Å². The van der Waals surface area contributed by atoms with Crippen LogP contribution in [-0.4, -0.2) is 21.2 Å². The average Bonchev–Trinajstić information content (AvgIpc) is 3.40. The van der Waals surface area contributed by atoms with Crippen molar-refractivity contribution in [2.45, 2.75) is 49.8 Å². The Kier molecular flexibility index (Phi) is 5.82. The summed E-state index contributed by atoms with van der Waals surface area (Å²) in [5, 5.41) is 6.33. The van der Waals surface area contributed by atoms with Crippen molar-refractivity contribution < 1.29 is 4.79 Å². The number of nitrogens with zero attached hydrogens (tertiary/aromatic N) is 2. The molecule has 1 amide bonds. The lowest BCUT2D eigenvalue weighted by Crippen LogP contribution is -2.29. The van der Waals surface area contributed by atoms with Gasteiger partial charge in [0.2, 0.25) is 5.91 Å². The predicted molar refractivity (Wildman–Crippen MR) is 115 cm³/mol. The Morgan fingerprint density at radius 1 is 1.29 bits per heavy atom. The van der Waals surface area contributed by atoms with Gasteiger partial charge in [-0.2, -0.15) is 0 Å². The van der Waals surface area contributed by atoms with E-state index in [-0.39, 0.29) is 29.3 Å². The maximum atomic E-state index is 13.1. The summed E-state index contributed by atoms with van der Waals surface area (Å²) in [6, 6.07) is 11.6. The van der Waals surface area contributed by atoms with Crippen LogP contribution < -0.4 is 10.9 Å². The van der Waals surface area contributed by atoms with Gasteiger partial charge in [-0.05, 0) is 43.3 Å². The third-order valence-corrected chi connectivity index (χ3v) is 7.15. The van der Waals surface area contributed by atoms with E-state index in [0.717, 1.165) is 30.6 Å². The van der Waals surface area contributed by atoms with E-state index in [1.54, 1.807) is 11.3 Å². The smallest absolute Gasteiger partial charge is 0.262 e.